The molecule has 1 heterocycles. The van der Waals surface area contributed by atoms with Crippen molar-refractivity contribution in [3.8, 4) is 5.75 Å². The largest absolute Gasteiger partial charge is 0.494 e. The maximum Gasteiger partial charge on any atom is 0.338 e. The van der Waals surface area contributed by atoms with E-state index >= 15 is 0 Å². The number of hydrogen-bond donors (Lipinski definition) is 2. The fourth-order valence-electron chi connectivity index (χ4n) is 3.59. The second-order valence-electron chi connectivity index (χ2n) is 8.50. The van der Waals surface area contributed by atoms with Gasteiger partial charge in [-0.05, 0) is 42.7 Å². The highest BCUT2D eigenvalue weighted by Gasteiger charge is 2.26. The van der Waals surface area contributed by atoms with E-state index in [1.54, 1.807) is 12.1 Å². The molecule has 0 saturated carbocycles. The third kappa shape index (κ3) is 6.41. The highest BCUT2D eigenvalue weighted by Crippen LogP contribution is 2.20. The third-order valence-electron chi connectivity index (χ3n) is 5.24. The Morgan fingerprint density at radius 1 is 1.06 bits per heavy atom. The Morgan fingerprint density at radius 3 is 2.33 bits per heavy atom. The second kappa shape index (κ2) is 11.9. The summed E-state index contributed by atoms with van der Waals surface area (Å²) in [6.07, 6.45) is 0. The molecule has 3 N–H and O–H groups in total. The second-order valence-corrected chi connectivity index (χ2v) is 8.50. The molecule has 1 aromatic heterocycles. The Morgan fingerprint density at radius 2 is 1.72 bits per heavy atom. The Bertz CT molecular complexity index is 1310. The lowest BCUT2D eigenvalue weighted by molar-refractivity contribution is -0.121. The Labute approximate surface area is 208 Å². The van der Waals surface area contributed by atoms with Gasteiger partial charge in [0.25, 0.3) is 11.5 Å². The molecular formula is C26H30N4O6. The van der Waals surface area contributed by atoms with Gasteiger partial charge in [-0.2, -0.15) is 0 Å². The van der Waals surface area contributed by atoms with Crippen LogP contribution in [0, 0.1) is 5.92 Å². The van der Waals surface area contributed by atoms with Crippen molar-refractivity contribution in [3.63, 3.8) is 0 Å². The summed E-state index contributed by atoms with van der Waals surface area (Å²) >= 11 is 0. The summed E-state index contributed by atoms with van der Waals surface area (Å²) in [7, 11) is 0. The van der Waals surface area contributed by atoms with Crippen LogP contribution in [0.4, 0.5) is 11.5 Å². The van der Waals surface area contributed by atoms with E-state index in [0.717, 1.165) is 10.5 Å². The molecule has 0 saturated heterocycles. The van der Waals surface area contributed by atoms with Crippen LogP contribution in [-0.4, -0.2) is 41.2 Å². The first-order valence-corrected chi connectivity index (χ1v) is 11.6. The lowest BCUT2D eigenvalue weighted by Gasteiger charge is -2.26. The topological polar surface area (TPSA) is 137 Å². The van der Waals surface area contributed by atoms with E-state index in [0.29, 0.717) is 12.4 Å². The molecule has 0 fully saturated rings. The van der Waals surface area contributed by atoms with Crippen LogP contribution in [0.1, 0.15) is 36.7 Å². The van der Waals surface area contributed by atoms with Gasteiger partial charge in [0.1, 0.15) is 11.6 Å². The summed E-state index contributed by atoms with van der Waals surface area (Å²) in [4.78, 5) is 54.3. The molecule has 0 aliphatic rings. The number of H-pyrrole nitrogens is 1. The third-order valence-corrected chi connectivity index (χ3v) is 5.24. The zero-order valence-corrected chi connectivity index (χ0v) is 20.5. The van der Waals surface area contributed by atoms with E-state index in [4.69, 9.17) is 15.2 Å². The van der Waals surface area contributed by atoms with Crippen molar-refractivity contribution in [1.29, 1.82) is 0 Å². The summed E-state index contributed by atoms with van der Waals surface area (Å²) in [6, 6.07) is 15.4. The minimum atomic E-state index is -0.798. The molecule has 0 aliphatic carbocycles. The van der Waals surface area contributed by atoms with Gasteiger partial charge >= 0.3 is 11.7 Å². The summed E-state index contributed by atoms with van der Waals surface area (Å²) in [5.74, 6) is -0.950. The number of amides is 1. The SMILES string of the molecule is CCOc1ccc(C(=O)OCC(=O)N(CC(C)C)c2c(N)n(Cc3ccccc3)c(=O)[nH]c2=O)cc1. The molecule has 1 amide bonds. The van der Waals surface area contributed by atoms with Gasteiger partial charge in [0.15, 0.2) is 12.3 Å². The number of aromatic nitrogens is 2. The minimum Gasteiger partial charge on any atom is -0.494 e. The van der Waals surface area contributed by atoms with Crippen molar-refractivity contribution in [3.05, 3.63) is 86.6 Å². The number of nitrogen functional groups attached to an aromatic ring is 1. The Kier molecular flexibility index (Phi) is 8.66. The van der Waals surface area contributed by atoms with Crippen molar-refractivity contribution < 1.29 is 19.1 Å². The first kappa shape index (κ1) is 26.3. The molecule has 3 aromatic rings. The van der Waals surface area contributed by atoms with Gasteiger partial charge in [-0.3, -0.25) is 19.1 Å². The number of esters is 1. The number of ether oxygens (including phenoxy) is 2. The number of carbonyl (C=O) groups is 2. The highest BCUT2D eigenvalue weighted by molar-refractivity contribution is 5.98. The predicted octanol–water partition coefficient (Wildman–Crippen LogP) is 2.41. The maximum atomic E-state index is 13.1. The van der Waals surface area contributed by atoms with Gasteiger partial charge in [0, 0.05) is 6.54 Å². The van der Waals surface area contributed by atoms with Gasteiger partial charge < -0.3 is 20.1 Å². The fraction of sp³-hybridized carbons (Fsp3) is 0.308. The van der Waals surface area contributed by atoms with Crippen LogP contribution in [0.5, 0.6) is 5.75 Å². The first-order chi connectivity index (χ1) is 17.2. The first-order valence-electron chi connectivity index (χ1n) is 11.6. The number of anilines is 2. The molecule has 190 valence electrons. The molecule has 0 spiro atoms. The van der Waals surface area contributed by atoms with Crippen LogP contribution in [0.25, 0.3) is 0 Å². The van der Waals surface area contributed by atoms with Crippen LogP contribution >= 0.6 is 0 Å². The van der Waals surface area contributed by atoms with E-state index in [9.17, 15) is 19.2 Å². The number of hydrogen-bond acceptors (Lipinski definition) is 7. The summed E-state index contributed by atoms with van der Waals surface area (Å²) in [6.45, 7) is 5.66. The zero-order chi connectivity index (χ0) is 26.2. The molecule has 10 heteroatoms. The normalized spacial score (nSPS) is 10.8. The van der Waals surface area contributed by atoms with Gasteiger partial charge in [-0.15, -0.1) is 0 Å². The number of nitrogens with one attached hydrogen (secondary N) is 1. The van der Waals surface area contributed by atoms with Gasteiger partial charge in [0.05, 0.1) is 18.7 Å². The highest BCUT2D eigenvalue weighted by atomic mass is 16.5. The van der Waals surface area contributed by atoms with E-state index in [1.165, 1.54) is 16.7 Å². The van der Waals surface area contributed by atoms with Crippen LogP contribution in [0.15, 0.2) is 64.2 Å². The number of nitrogens with two attached hydrogens (primary N) is 1. The molecule has 0 aliphatic heterocycles. The van der Waals surface area contributed by atoms with Crippen molar-refractivity contribution >= 4 is 23.4 Å². The molecule has 0 unspecified atom stereocenters. The van der Waals surface area contributed by atoms with Crippen molar-refractivity contribution in [2.45, 2.75) is 27.3 Å². The monoisotopic (exact) mass is 494 g/mol. The van der Waals surface area contributed by atoms with E-state index in [2.05, 4.69) is 4.98 Å². The summed E-state index contributed by atoms with van der Waals surface area (Å²) < 4.78 is 11.8. The number of benzene rings is 2. The zero-order valence-electron chi connectivity index (χ0n) is 20.5. The van der Waals surface area contributed by atoms with Crippen LogP contribution in [-0.2, 0) is 16.1 Å². The molecule has 0 bridgehead atoms. The minimum absolute atomic E-state index is 0.0518. The van der Waals surface area contributed by atoms with Crippen LogP contribution in [0.3, 0.4) is 0 Å². The lowest BCUT2D eigenvalue weighted by Crippen LogP contribution is -2.44. The van der Waals surface area contributed by atoms with Crippen LogP contribution in [0.2, 0.25) is 0 Å². The molecular weight excluding hydrogens is 464 g/mol. The molecule has 10 nitrogen and oxygen atoms in total. The Hall–Kier alpha value is -4.34. The molecule has 0 atom stereocenters. The number of nitrogens with zero attached hydrogens (tertiary/aromatic N) is 2. The lowest BCUT2D eigenvalue weighted by atomic mass is 10.2. The van der Waals surface area contributed by atoms with Gasteiger partial charge in [-0.25, -0.2) is 9.59 Å². The van der Waals surface area contributed by atoms with Crippen molar-refractivity contribution in [2.24, 2.45) is 5.92 Å². The van der Waals surface area contributed by atoms with Gasteiger partial charge in [-0.1, -0.05) is 44.2 Å². The van der Waals surface area contributed by atoms with Crippen molar-refractivity contribution in [1.82, 2.24) is 9.55 Å². The maximum absolute atomic E-state index is 13.1. The average Bonchev–Trinajstić information content (AvgIpc) is 2.85. The number of carbonyl (C=O) groups excluding carboxylic acids is 2. The number of aromatic amines is 1. The fourth-order valence-corrected chi connectivity index (χ4v) is 3.59. The molecule has 3 rings (SSSR count). The van der Waals surface area contributed by atoms with E-state index in [1.807, 2.05) is 51.1 Å². The Balaban J connectivity index is 1.85. The quantitative estimate of drug-likeness (QED) is 0.413. The molecule has 36 heavy (non-hydrogen) atoms. The summed E-state index contributed by atoms with van der Waals surface area (Å²) in [5, 5.41) is 0. The summed E-state index contributed by atoms with van der Waals surface area (Å²) in [5.41, 5.74) is 5.64. The molecule has 0 radical (unpaired) electrons. The number of rotatable bonds is 10. The van der Waals surface area contributed by atoms with Gasteiger partial charge in [0.2, 0.25) is 0 Å². The van der Waals surface area contributed by atoms with Crippen LogP contribution < -0.4 is 26.6 Å². The smallest absolute Gasteiger partial charge is 0.338 e. The predicted molar refractivity (Wildman–Crippen MR) is 136 cm³/mol. The van der Waals surface area contributed by atoms with E-state index < -0.39 is 29.7 Å². The standard InChI is InChI=1S/C26H30N4O6/c1-4-35-20-12-10-19(11-13-20)25(33)36-16-21(31)29(14-17(2)3)22-23(27)30(26(34)28-24(22)32)15-18-8-6-5-7-9-18/h5-13,17H,4,14-16,27H2,1-3H3,(H,28,32,34). The molecule has 2 aromatic carbocycles. The van der Waals surface area contributed by atoms with Crippen molar-refractivity contribution in [2.75, 3.05) is 30.4 Å². The average molecular weight is 495 g/mol. The van der Waals surface area contributed by atoms with E-state index in [-0.39, 0.29) is 36.1 Å².